The number of hydrogen-bond acceptors (Lipinski definition) is 2. The third-order valence-corrected chi connectivity index (χ3v) is 3.56. The Bertz CT molecular complexity index is 419. The van der Waals surface area contributed by atoms with E-state index >= 15 is 0 Å². The lowest BCUT2D eigenvalue weighted by molar-refractivity contribution is -0.121. The van der Waals surface area contributed by atoms with Crippen molar-refractivity contribution in [3.63, 3.8) is 0 Å². The summed E-state index contributed by atoms with van der Waals surface area (Å²) in [7, 11) is 0. The first-order chi connectivity index (χ1) is 8.95. The molecule has 2 N–H and O–H groups in total. The first-order valence-electron chi connectivity index (χ1n) is 6.33. The van der Waals surface area contributed by atoms with E-state index < -0.39 is 11.9 Å². The molecular formula is C14H19ClFNO2. The Kier molecular flexibility index (Phi) is 6.25. The van der Waals surface area contributed by atoms with Gasteiger partial charge >= 0.3 is 0 Å². The van der Waals surface area contributed by atoms with Crippen molar-refractivity contribution in [2.24, 2.45) is 5.92 Å². The summed E-state index contributed by atoms with van der Waals surface area (Å²) in [5.74, 6) is -0.739. The normalized spacial score (nSPS) is 13.9. The van der Waals surface area contributed by atoms with Crippen molar-refractivity contribution in [3.05, 3.63) is 34.6 Å². The zero-order valence-electron chi connectivity index (χ0n) is 11.1. The van der Waals surface area contributed by atoms with E-state index in [2.05, 4.69) is 5.32 Å². The highest BCUT2D eigenvalue weighted by Gasteiger charge is 2.15. The van der Waals surface area contributed by atoms with Gasteiger partial charge in [-0.25, -0.2) is 4.39 Å². The number of rotatable bonds is 6. The number of amides is 1. The van der Waals surface area contributed by atoms with Crippen LogP contribution in [0, 0.1) is 11.7 Å². The number of benzene rings is 1. The van der Waals surface area contributed by atoms with Crippen LogP contribution < -0.4 is 5.32 Å². The molecule has 5 heteroatoms. The van der Waals surface area contributed by atoms with Gasteiger partial charge in [-0.15, -0.1) is 0 Å². The molecule has 2 atom stereocenters. The van der Waals surface area contributed by atoms with E-state index in [1.807, 2.05) is 13.8 Å². The molecule has 0 aliphatic rings. The van der Waals surface area contributed by atoms with Gasteiger partial charge in [0.15, 0.2) is 0 Å². The van der Waals surface area contributed by atoms with Gasteiger partial charge in [-0.05, 0) is 18.1 Å². The van der Waals surface area contributed by atoms with Crippen LogP contribution in [-0.2, 0) is 11.2 Å². The largest absolute Gasteiger partial charge is 0.391 e. The number of halogens is 2. The minimum absolute atomic E-state index is 0.109. The maximum atomic E-state index is 13.5. The minimum atomic E-state index is -0.593. The maximum absolute atomic E-state index is 13.5. The fourth-order valence-electron chi connectivity index (χ4n) is 1.62. The van der Waals surface area contributed by atoms with Gasteiger partial charge < -0.3 is 10.4 Å². The van der Waals surface area contributed by atoms with E-state index in [-0.39, 0.29) is 35.4 Å². The molecule has 1 aromatic carbocycles. The van der Waals surface area contributed by atoms with Crippen LogP contribution in [0.2, 0.25) is 5.02 Å². The zero-order chi connectivity index (χ0) is 14.4. The first-order valence-corrected chi connectivity index (χ1v) is 6.71. The molecule has 0 aliphatic carbocycles. The second kappa shape index (κ2) is 7.46. The van der Waals surface area contributed by atoms with Gasteiger partial charge in [0.25, 0.3) is 0 Å². The van der Waals surface area contributed by atoms with Crippen LogP contribution in [0.3, 0.4) is 0 Å². The van der Waals surface area contributed by atoms with Crippen LogP contribution in [0.5, 0.6) is 0 Å². The maximum Gasteiger partial charge on any atom is 0.224 e. The predicted molar refractivity (Wildman–Crippen MR) is 73.6 cm³/mol. The Morgan fingerprint density at radius 1 is 1.53 bits per heavy atom. The van der Waals surface area contributed by atoms with Crippen molar-refractivity contribution in [1.29, 1.82) is 0 Å². The standard InChI is InChI=1S/C14H19ClFNO2/c1-3-9(2)13(18)8-17-14(19)7-10-11(15)5-4-6-12(10)16/h4-6,9,13,18H,3,7-8H2,1-2H3,(H,17,19). The molecule has 1 aromatic rings. The number of carbonyl (C=O) groups excluding carboxylic acids is 1. The summed E-state index contributed by atoms with van der Waals surface area (Å²) >= 11 is 5.84. The molecule has 0 heterocycles. The van der Waals surface area contributed by atoms with Gasteiger partial charge in [-0.2, -0.15) is 0 Å². The van der Waals surface area contributed by atoms with E-state index in [0.29, 0.717) is 0 Å². The van der Waals surface area contributed by atoms with Crippen molar-refractivity contribution < 1.29 is 14.3 Å². The summed E-state index contributed by atoms with van der Waals surface area (Å²) in [6.07, 6.45) is 0.111. The fraction of sp³-hybridized carbons (Fsp3) is 0.500. The topological polar surface area (TPSA) is 49.3 Å². The second-order valence-corrected chi connectivity index (χ2v) is 5.04. The van der Waals surface area contributed by atoms with Crippen molar-refractivity contribution in [3.8, 4) is 0 Å². The summed E-state index contributed by atoms with van der Waals surface area (Å²) in [5, 5.41) is 12.5. The highest BCUT2D eigenvalue weighted by molar-refractivity contribution is 6.31. The number of aliphatic hydroxyl groups is 1. The Labute approximate surface area is 117 Å². The monoisotopic (exact) mass is 287 g/mol. The van der Waals surface area contributed by atoms with Crippen LogP contribution in [0.1, 0.15) is 25.8 Å². The highest BCUT2D eigenvalue weighted by Crippen LogP contribution is 2.19. The summed E-state index contributed by atoms with van der Waals surface area (Å²) < 4.78 is 13.5. The van der Waals surface area contributed by atoms with Crippen LogP contribution >= 0.6 is 11.6 Å². The van der Waals surface area contributed by atoms with Crippen molar-refractivity contribution in [1.82, 2.24) is 5.32 Å². The van der Waals surface area contributed by atoms with Gasteiger partial charge in [0.05, 0.1) is 12.5 Å². The molecule has 0 spiro atoms. The Morgan fingerprint density at radius 3 is 2.79 bits per heavy atom. The summed E-state index contributed by atoms with van der Waals surface area (Å²) in [6, 6.07) is 4.30. The fourth-order valence-corrected chi connectivity index (χ4v) is 1.85. The third kappa shape index (κ3) is 4.80. The molecule has 3 nitrogen and oxygen atoms in total. The summed E-state index contributed by atoms with van der Waals surface area (Å²) in [5.41, 5.74) is 0.180. The number of aliphatic hydroxyl groups excluding tert-OH is 1. The average molecular weight is 288 g/mol. The van der Waals surface area contributed by atoms with E-state index in [0.717, 1.165) is 6.42 Å². The molecule has 106 valence electrons. The highest BCUT2D eigenvalue weighted by atomic mass is 35.5. The smallest absolute Gasteiger partial charge is 0.224 e. The van der Waals surface area contributed by atoms with E-state index in [4.69, 9.17) is 11.6 Å². The molecular weight excluding hydrogens is 269 g/mol. The van der Waals surface area contributed by atoms with E-state index in [9.17, 15) is 14.3 Å². The van der Waals surface area contributed by atoms with E-state index in [1.165, 1.54) is 12.1 Å². The summed E-state index contributed by atoms with van der Waals surface area (Å²) in [4.78, 5) is 11.7. The lowest BCUT2D eigenvalue weighted by Gasteiger charge is -2.17. The van der Waals surface area contributed by atoms with Crippen molar-refractivity contribution in [2.45, 2.75) is 32.8 Å². The Hall–Kier alpha value is -1.13. The lowest BCUT2D eigenvalue weighted by Crippen LogP contribution is -2.36. The van der Waals surface area contributed by atoms with Gasteiger partial charge in [-0.3, -0.25) is 4.79 Å². The molecule has 0 radical (unpaired) electrons. The minimum Gasteiger partial charge on any atom is -0.391 e. The molecule has 1 amide bonds. The van der Waals surface area contributed by atoms with Gasteiger partial charge in [0, 0.05) is 17.1 Å². The number of nitrogens with one attached hydrogen (secondary N) is 1. The van der Waals surface area contributed by atoms with Crippen LogP contribution in [0.4, 0.5) is 4.39 Å². The molecule has 19 heavy (non-hydrogen) atoms. The Morgan fingerprint density at radius 2 is 2.21 bits per heavy atom. The summed E-state index contributed by atoms with van der Waals surface area (Å²) in [6.45, 7) is 4.04. The van der Waals surface area contributed by atoms with E-state index in [1.54, 1.807) is 6.07 Å². The SMILES string of the molecule is CCC(C)C(O)CNC(=O)Cc1c(F)cccc1Cl. The average Bonchev–Trinajstić information content (AvgIpc) is 2.39. The molecule has 0 fully saturated rings. The molecule has 0 aliphatic heterocycles. The first kappa shape index (κ1) is 15.9. The lowest BCUT2D eigenvalue weighted by atomic mass is 10.0. The third-order valence-electron chi connectivity index (χ3n) is 3.21. The van der Waals surface area contributed by atoms with Crippen LogP contribution in [0.25, 0.3) is 0 Å². The van der Waals surface area contributed by atoms with Crippen LogP contribution in [-0.4, -0.2) is 23.7 Å². The molecule has 0 saturated carbocycles. The van der Waals surface area contributed by atoms with Crippen LogP contribution in [0.15, 0.2) is 18.2 Å². The number of carbonyl (C=O) groups is 1. The molecule has 1 rings (SSSR count). The van der Waals surface area contributed by atoms with Gasteiger partial charge in [0.2, 0.25) is 5.91 Å². The Balaban J connectivity index is 2.52. The molecule has 0 bridgehead atoms. The van der Waals surface area contributed by atoms with Gasteiger partial charge in [0.1, 0.15) is 5.82 Å². The van der Waals surface area contributed by atoms with Gasteiger partial charge in [-0.1, -0.05) is 37.9 Å². The predicted octanol–water partition coefficient (Wildman–Crippen LogP) is 2.54. The molecule has 2 unspecified atom stereocenters. The molecule has 0 saturated heterocycles. The number of hydrogen-bond donors (Lipinski definition) is 2. The van der Waals surface area contributed by atoms with Crippen molar-refractivity contribution in [2.75, 3.05) is 6.54 Å². The quantitative estimate of drug-likeness (QED) is 0.845. The second-order valence-electron chi connectivity index (χ2n) is 4.63. The zero-order valence-corrected chi connectivity index (χ0v) is 11.9. The molecule has 0 aromatic heterocycles. The van der Waals surface area contributed by atoms with Crippen molar-refractivity contribution >= 4 is 17.5 Å².